The van der Waals surface area contributed by atoms with Gasteiger partial charge in [-0.3, -0.25) is 4.79 Å². The molecule has 0 heterocycles. The standard InChI is InChI=1S/C11H13ClFNO3S/c1-7(2)6-14-11(15)8-3-9(13)5-10(4-8)18(12,16)17/h3-5,7H,6H2,1-2H3,(H,14,15). The van der Waals surface area contributed by atoms with Crippen LogP contribution in [0.3, 0.4) is 0 Å². The van der Waals surface area contributed by atoms with Gasteiger partial charge in [-0.2, -0.15) is 0 Å². The summed E-state index contributed by atoms with van der Waals surface area (Å²) in [5, 5.41) is 2.56. The normalized spacial score (nSPS) is 11.6. The second-order valence-corrected chi connectivity index (χ2v) is 6.78. The van der Waals surface area contributed by atoms with E-state index in [0.717, 1.165) is 18.2 Å². The van der Waals surface area contributed by atoms with E-state index >= 15 is 0 Å². The molecule has 0 saturated carbocycles. The number of rotatable bonds is 4. The van der Waals surface area contributed by atoms with Gasteiger partial charge in [0, 0.05) is 22.8 Å². The van der Waals surface area contributed by atoms with Crippen molar-refractivity contribution in [2.75, 3.05) is 6.54 Å². The van der Waals surface area contributed by atoms with Crippen molar-refractivity contribution in [2.24, 2.45) is 5.92 Å². The molecule has 0 unspecified atom stereocenters. The highest BCUT2D eigenvalue weighted by Crippen LogP contribution is 2.18. The highest BCUT2D eigenvalue weighted by Gasteiger charge is 2.16. The SMILES string of the molecule is CC(C)CNC(=O)c1cc(F)cc(S(=O)(=O)Cl)c1. The van der Waals surface area contributed by atoms with Gasteiger partial charge in [0.2, 0.25) is 0 Å². The van der Waals surface area contributed by atoms with Gasteiger partial charge >= 0.3 is 0 Å². The Labute approximate surface area is 110 Å². The zero-order chi connectivity index (χ0) is 13.9. The summed E-state index contributed by atoms with van der Waals surface area (Å²) in [6, 6.07) is 2.77. The van der Waals surface area contributed by atoms with Crippen LogP contribution in [0.4, 0.5) is 4.39 Å². The summed E-state index contributed by atoms with van der Waals surface area (Å²) >= 11 is 0. The molecule has 0 aliphatic heterocycles. The van der Waals surface area contributed by atoms with Gasteiger partial charge in [0.05, 0.1) is 4.90 Å². The third-order valence-electron chi connectivity index (χ3n) is 2.09. The summed E-state index contributed by atoms with van der Waals surface area (Å²) in [6.45, 7) is 4.22. The van der Waals surface area contributed by atoms with Crippen molar-refractivity contribution in [1.82, 2.24) is 5.32 Å². The minimum absolute atomic E-state index is 0.0742. The van der Waals surface area contributed by atoms with Crippen molar-refractivity contribution in [3.05, 3.63) is 29.6 Å². The molecular weight excluding hydrogens is 281 g/mol. The van der Waals surface area contributed by atoms with Gasteiger partial charge in [0.1, 0.15) is 5.82 Å². The van der Waals surface area contributed by atoms with Gasteiger partial charge in [0.15, 0.2) is 0 Å². The molecule has 0 spiro atoms. The molecule has 1 aromatic rings. The number of amides is 1. The van der Waals surface area contributed by atoms with Crippen LogP contribution in [0.2, 0.25) is 0 Å². The van der Waals surface area contributed by atoms with E-state index in [-0.39, 0.29) is 11.5 Å². The van der Waals surface area contributed by atoms with E-state index in [1.165, 1.54) is 0 Å². The Morgan fingerprint density at radius 2 is 2.00 bits per heavy atom. The number of carbonyl (C=O) groups excluding carboxylic acids is 1. The van der Waals surface area contributed by atoms with Crippen LogP contribution in [0.1, 0.15) is 24.2 Å². The number of benzene rings is 1. The molecule has 1 amide bonds. The first kappa shape index (κ1) is 14.9. The van der Waals surface area contributed by atoms with E-state index in [1.54, 1.807) is 0 Å². The third kappa shape index (κ3) is 4.27. The van der Waals surface area contributed by atoms with Gasteiger partial charge in [-0.15, -0.1) is 0 Å². The molecule has 7 heteroatoms. The van der Waals surface area contributed by atoms with Crippen LogP contribution in [0, 0.1) is 11.7 Å². The van der Waals surface area contributed by atoms with Gasteiger partial charge in [-0.1, -0.05) is 13.8 Å². The largest absolute Gasteiger partial charge is 0.352 e. The maximum absolute atomic E-state index is 13.2. The van der Waals surface area contributed by atoms with Crippen LogP contribution in [0.25, 0.3) is 0 Å². The maximum atomic E-state index is 13.2. The molecule has 0 bridgehead atoms. The molecule has 0 atom stereocenters. The number of hydrogen-bond donors (Lipinski definition) is 1. The molecule has 0 fully saturated rings. The van der Waals surface area contributed by atoms with Crippen LogP contribution in [-0.4, -0.2) is 20.9 Å². The molecule has 1 N–H and O–H groups in total. The molecule has 4 nitrogen and oxygen atoms in total. The second kappa shape index (κ2) is 5.67. The van der Waals surface area contributed by atoms with E-state index in [1.807, 2.05) is 13.8 Å². The fourth-order valence-corrected chi connectivity index (χ4v) is 2.02. The van der Waals surface area contributed by atoms with E-state index in [2.05, 4.69) is 5.32 Å². The van der Waals surface area contributed by atoms with Crippen LogP contribution >= 0.6 is 10.7 Å². The van der Waals surface area contributed by atoms with Crippen molar-refractivity contribution in [1.29, 1.82) is 0 Å². The number of halogens is 2. The van der Waals surface area contributed by atoms with Crippen LogP contribution in [0.15, 0.2) is 23.1 Å². The van der Waals surface area contributed by atoms with Crippen molar-refractivity contribution >= 4 is 25.6 Å². The molecule has 0 aliphatic rings. The molecule has 0 aliphatic carbocycles. The molecule has 100 valence electrons. The zero-order valence-corrected chi connectivity index (χ0v) is 11.5. The molecule has 0 aromatic heterocycles. The summed E-state index contributed by atoms with van der Waals surface area (Å²) in [6.07, 6.45) is 0. The molecular formula is C11H13ClFNO3S. The van der Waals surface area contributed by atoms with Crippen molar-refractivity contribution in [3.63, 3.8) is 0 Å². The average Bonchev–Trinajstić information content (AvgIpc) is 2.23. The van der Waals surface area contributed by atoms with E-state index in [9.17, 15) is 17.6 Å². The van der Waals surface area contributed by atoms with Crippen LogP contribution < -0.4 is 5.32 Å². The Bertz CT molecular complexity index is 557. The number of hydrogen-bond acceptors (Lipinski definition) is 3. The van der Waals surface area contributed by atoms with Crippen molar-refractivity contribution in [2.45, 2.75) is 18.7 Å². The second-order valence-electron chi connectivity index (χ2n) is 4.22. The third-order valence-corrected chi connectivity index (χ3v) is 3.42. The average molecular weight is 294 g/mol. The number of nitrogens with one attached hydrogen (secondary N) is 1. The highest BCUT2D eigenvalue weighted by molar-refractivity contribution is 8.13. The highest BCUT2D eigenvalue weighted by atomic mass is 35.7. The zero-order valence-electron chi connectivity index (χ0n) is 9.91. The summed E-state index contributed by atoms with van der Waals surface area (Å²) in [5.74, 6) is -1.13. The lowest BCUT2D eigenvalue weighted by atomic mass is 10.2. The number of carbonyl (C=O) groups is 1. The smallest absolute Gasteiger partial charge is 0.261 e. The Hall–Kier alpha value is -1.14. The van der Waals surface area contributed by atoms with Crippen molar-refractivity contribution in [3.8, 4) is 0 Å². The first-order valence-electron chi connectivity index (χ1n) is 5.23. The summed E-state index contributed by atoms with van der Waals surface area (Å²) in [5.41, 5.74) is -0.0742. The molecule has 18 heavy (non-hydrogen) atoms. The van der Waals surface area contributed by atoms with Crippen LogP contribution in [-0.2, 0) is 9.05 Å². The van der Waals surface area contributed by atoms with E-state index in [0.29, 0.717) is 6.54 Å². The molecule has 1 rings (SSSR count). The summed E-state index contributed by atoms with van der Waals surface area (Å²) in [7, 11) is 1.05. The van der Waals surface area contributed by atoms with Gasteiger partial charge in [-0.25, -0.2) is 12.8 Å². The minimum Gasteiger partial charge on any atom is -0.352 e. The predicted molar refractivity (Wildman–Crippen MR) is 66.6 cm³/mol. The van der Waals surface area contributed by atoms with E-state index < -0.39 is 25.7 Å². The van der Waals surface area contributed by atoms with Crippen LogP contribution in [0.5, 0.6) is 0 Å². The quantitative estimate of drug-likeness (QED) is 0.865. The lowest BCUT2D eigenvalue weighted by Crippen LogP contribution is -2.27. The maximum Gasteiger partial charge on any atom is 0.261 e. The monoisotopic (exact) mass is 293 g/mol. The molecule has 0 saturated heterocycles. The van der Waals surface area contributed by atoms with Gasteiger partial charge < -0.3 is 5.32 Å². The first-order chi connectivity index (χ1) is 8.20. The van der Waals surface area contributed by atoms with E-state index in [4.69, 9.17) is 10.7 Å². The first-order valence-corrected chi connectivity index (χ1v) is 7.54. The Kier molecular flexibility index (Phi) is 4.70. The van der Waals surface area contributed by atoms with Gasteiger partial charge in [0.25, 0.3) is 15.0 Å². The Balaban J connectivity index is 3.03. The minimum atomic E-state index is -4.06. The van der Waals surface area contributed by atoms with Crippen molar-refractivity contribution < 1.29 is 17.6 Å². The fraction of sp³-hybridized carbons (Fsp3) is 0.364. The Morgan fingerprint density at radius 3 is 2.50 bits per heavy atom. The topological polar surface area (TPSA) is 63.2 Å². The van der Waals surface area contributed by atoms with Gasteiger partial charge in [-0.05, 0) is 24.1 Å². The lowest BCUT2D eigenvalue weighted by Gasteiger charge is -2.08. The predicted octanol–water partition coefficient (Wildman–Crippen LogP) is 2.14. The Morgan fingerprint density at radius 1 is 1.39 bits per heavy atom. The molecule has 1 aromatic carbocycles. The fourth-order valence-electron chi connectivity index (χ4n) is 1.23. The molecule has 0 radical (unpaired) electrons. The summed E-state index contributed by atoms with van der Waals surface area (Å²) < 4.78 is 35.4. The summed E-state index contributed by atoms with van der Waals surface area (Å²) in [4.78, 5) is 11.2. The lowest BCUT2D eigenvalue weighted by molar-refractivity contribution is 0.0948.